The highest BCUT2D eigenvalue weighted by atomic mass is 16.5. The predicted octanol–water partition coefficient (Wildman–Crippen LogP) is 1.34. The molecule has 1 aromatic rings. The molecule has 0 aliphatic carbocycles. The lowest BCUT2D eigenvalue weighted by Gasteiger charge is -2.35. The van der Waals surface area contributed by atoms with E-state index >= 15 is 0 Å². The van der Waals surface area contributed by atoms with Gasteiger partial charge in [0.25, 0.3) is 0 Å². The summed E-state index contributed by atoms with van der Waals surface area (Å²) in [6, 6.07) is 7.75. The largest absolute Gasteiger partial charge is 0.491 e. The fourth-order valence-electron chi connectivity index (χ4n) is 2.93. The quantitative estimate of drug-likeness (QED) is 0.666. The standard InChI is InChI=1S/C18H28N2O4/c1-22-11-12-24-16-5-3-15(4-6-16)13-20-17(21)18(14-23-2)7-9-19-10-8-18/h3-6,19H,7-14H2,1-2H3,(H,20,21). The summed E-state index contributed by atoms with van der Waals surface area (Å²) in [6.07, 6.45) is 1.61. The first-order chi connectivity index (χ1) is 11.7. The van der Waals surface area contributed by atoms with Gasteiger partial charge in [0.2, 0.25) is 5.91 Å². The predicted molar refractivity (Wildman–Crippen MR) is 92.1 cm³/mol. The smallest absolute Gasteiger partial charge is 0.228 e. The Hall–Kier alpha value is -1.63. The number of hydrogen-bond acceptors (Lipinski definition) is 5. The van der Waals surface area contributed by atoms with Crippen LogP contribution in [0.3, 0.4) is 0 Å². The maximum absolute atomic E-state index is 12.7. The summed E-state index contributed by atoms with van der Waals surface area (Å²) >= 11 is 0. The van der Waals surface area contributed by atoms with Gasteiger partial charge in [-0.2, -0.15) is 0 Å². The van der Waals surface area contributed by atoms with E-state index in [9.17, 15) is 4.79 Å². The van der Waals surface area contributed by atoms with E-state index in [0.29, 0.717) is 26.4 Å². The highest BCUT2D eigenvalue weighted by Gasteiger charge is 2.39. The Morgan fingerprint density at radius 3 is 2.46 bits per heavy atom. The van der Waals surface area contributed by atoms with E-state index in [2.05, 4.69) is 10.6 Å². The van der Waals surface area contributed by atoms with E-state index in [1.54, 1.807) is 14.2 Å². The molecular formula is C18H28N2O4. The summed E-state index contributed by atoms with van der Waals surface area (Å²) in [6.45, 7) is 3.77. The van der Waals surface area contributed by atoms with E-state index in [-0.39, 0.29) is 5.91 Å². The molecule has 0 bridgehead atoms. The molecule has 0 atom stereocenters. The summed E-state index contributed by atoms with van der Waals surface area (Å²) < 4.78 is 15.8. The van der Waals surface area contributed by atoms with Crippen LogP contribution in [0.2, 0.25) is 0 Å². The van der Waals surface area contributed by atoms with Gasteiger partial charge in [-0.3, -0.25) is 4.79 Å². The minimum Gasteiger partial charge on any atom is -0.491 e. The Balaban J connectivity index is 1.86. The lowest BCUT2D eigenvalue weighted by Crippen LogP contribution is -2.49. The van der Waals surface area contributed by atoms with Gasteiger partial charge in [0.15, 0.2) is 0 Å². The molecule has 1 heterocycles. The number of amides is 1. The van der Waals surface area contributed by atoms with Gasteiger partial charge in [-0.25, -0.2) is 0 Å². The Bertz CT molecular complexity index is 493. The molecule has 2 N–H and O–H groups in total. The SMILES string of the molecule is COCCOc1ccc(CNC(=O)C2(COC)CCNCC2)cc1. The number of ether oxygens (including phenoxy) is 3. The van der Waals surface area contributed by atoms with E-state index in [0.717, 1.165) is 37.2 Å². The van der Waals surface area contributed by atoms with E-state index in [1.165, 1.54) is 0 Å². The molecule has 1 amide bonds. The van der Waals surface area contributed by atoms with E-state index < -0.39 is 5.41 Å². The minimum absolute atomic E-state index is 0.0753. The van der Waals surface area contributed by atoms with Crippen molar-refractivity contribution in [2.75, 3.05) is 47.1 Å². The number of piperidine rings is 1. The Morgan fingerprint density at radius 1 is 1.12 bits per heavy atom. The van der Waals surface area contributed by atoms with Crippen LogP contribution in [0.4, 0.5) is 0 Å². The molecule has 1 fully saturated rings. The van der Waals surface area contributed by atoms with Gasteiger partial charge in [-0.1, -0.05) is 12.1 Å². The van der Waals surface area contributed by atoms with Gasteiger partial charge in [-0.05, 0) is 43.6 Å². The maximum atomic E-state index is 12.7. The van der Waals surface area contributed by atoms with Crippen molar-refractivity contribution in [3.63, 3.8) is 0 Å². The first kappa shape index (κ1) is 18.7. The molecule has 0 aromatic heterocycles. The van der Waals surface area contributed by atoms with Crippen molar-refractivity contribution in [1.29, 1.82) is 0 Å². The number of carbonyl (C=O) groups is 1. The molecule has 0 saturated carbocycles. The van der Waals surface area contributed by atoms with Crippen molar-refractivity contribution in [3.05, 3.63) is 29.8 Å². The van der Waals surface area contributed by atoms with Crippen molar-refractivity contribution in [2.45, 2.75) is 19.4 Å². The molecule has 1 aliphatic heterocycles. The highest BCUT2D eigenvalue weighted by molar-refractivity contribution is 5.83. The molecular weight excluding hydrogens is 308 g/mol. The van der Waals surface area contributed by atoms with Crippen LogP contribution in [0.5, 0.6) is 5.75 Å². The average molecular weight is 336 g/mol. The number of nitrogens with one attached hydrogen (secondary N) is 2. The van der Waals surface area contributed by atoms with Crippen LogP contribution in [-0.2, 0) is 20.8 Å². The van der Waals surface area contributed by atoms with Gasteiger partial charge in [-0.15, -0.1) is 0 Å². The van der Waals surface area contributed by atoms with Crippen LogP contribution in [0.1, 0.15) is 18.4 Å². The first-order valence-corrected chi connectivity index (χ1v) is 8.39. The third-order valence-electron chi connectivity index (χ3n) is 4.40. The zero-order valence-corrected chi connectivity index (χ0v) is 14.6. The fraction of sp³-hybridized carbons (Fsp3) is 0.611. The molecule has 6 heteroatoms. The van der Waals surface area contributed by atoms with Crippen LogP contribution in [0, 0.1) is 5.41 Å². The summed E-state index contributed by atoms with van der Waals surface area (Å²) in [7, 11) is 3.30. The molecule has 0 radical (unpaired) electrons. The lowest BCUT2D eigenvalue weighted by atomic mass is 9.78. The second-order valence-electron chi connectivity index (χ2n) is 6.13. The van der Waals surface area contributed by atoms with E-state index in [4.69, 9.17) is 14.2 Å². The number of hydrogen-bond donors (Lipinski definition) is 2. The second kappa shape index (κ2) is 9.61. The van der Waals surface area contributed by atoms with Crippen molar-refractivity contribution in [3.8, 4) is 5.75 Å². The average Bonchev–Trinajstić information content (AvgIpc) is 2.62. The summed E-state index contributed by atoms with van der Waals surface area (Å²) in [5, 5.41) is 6.35. The van der Waals surface area contributed by atoms with Crippen LogP contribution in [0.25, 0.3) is 0 Å². The second-order valence-corrected chi connectivity index (χ2v) is 6.13. The summed E-state index contributed by atoms with van der Waals surface area (Å²) in [5.41, 5.74) is 0.632. The fourth-order valence-corrected chi connectivity index (χ4v) is 2.93. The van der Waals surface area contributed by atoms with Crippen LogP contribution in [0.15, 0.2) is 24.3 Å². The molecule has 0 spiro atoms. The maximum Gasteiger partial charge on any atom is 0.228 e. The monoisotopic (exact) mass is 336 g/mol. The number of rotatable bonds is 9. The highest BCUT2D eigenvalue weighted by Crippen LogP contribution is 2.29. The van der Waals surface area contributed by atoms with Crippen molar-refractivity contribution in [2.24, 2.45) is 5.41 Å². The minimum atomic E-state index is -0.413. The third kappa shape index (κ3) is 5.19. The molecule has 2 rings (SSSR count). The zero-order valence-electron chi connectivity index (χ0n) is 14.6. The van der Waals surface area contributed by atoms with Crippen molar-refractivity contribution < 1.29 is 19.0 Å². The molecule has 1 aliphatic rings. The van der Waals surface area contributed by atoms with Gasteiger partial charge < -0.3 is 24.8 Å². The molecule has 0 unspecified atom stereocenters. The van der Waals surface area contributed by atoms with E-state index in [1.807, 2.05) is 24.3 Å². The number of benzene rings is 1. The lowest BCUT2D eigenvalue weighted by molar-refractivity contribution is -0.136. The van der Waals surface area contributed by atoms with Gasteiger partial charge >= 0.3 is 0 Å². The zero-order chi connectivity index (χ0) is 17.3. The van der Waals surface area contributed by atoms with Crippen LogP contribution < -0.4 is 15.4 Å². The Labute approximate surface area is 143 Å². The number of methoxy groups -OCH3 is 2. The normalized spacial score (nSPS) is 16.6. The summed E-state index contributed by atoms with van der Waals surface area (Å²) in [5.74, 6) is 0.877. The molecule has 24 heavy (non-hydrogen) atoms. The Kier molecular flexibility index (Phi) is 7.49. The van der Waals surface area contributed by atoms with Crippen molar-refractivity contribution >= 4 is 5.91 Å². The third-order valence-corrected chi connectivity index (χ3v) is 4.40. The number of carbonyl (C=O) groups excluding carboxylic acids is 1. The topological polar surface area (TPSA) is 68.8 Å². The first-order valence-electron chi connectivity index (χ1n) is 8.39. The van der Waals surface area contributed by atoms with Crippen LogP contribution >= 0.6 is 0 Å². The van der Waals surface area contributed by atoms with Gasteiger partial charge in [0.1, 0.15) is 12.4 Å². The summed E-state index contributed by atoms with van der Waals surface area (Å²) in [4.78, 5) is 12.7. The Morgan fingerprint density at radius 2 is 1.83 bits per heavy atom. The molecule has 1 saturated heterocycles. The van der Waals surface area contributed by atoms with Crippen LogP contribution in [-0.4, -0.2) is 53.0 Å². The molecule has 1 aromatic carbocycles. The van der Waals surface area contributed by atoms with Gasteiger partial charge in [0, 0.05) is 20.8 Å². The van der Waals surface area contributed by atoms with Crippen molar-refractivity contribution in [1.82, 2.24) is 10.6 Å². The molecule has 134 valence electrons. The molecule has 6 nitrogen and oxygen atoms in total. The van der Waals surface area contributed by atoms with Gasteiger partial charge in [0.05, 0.1) is 18.6 Å².